The summed E-state index contributed by atoms with van der Waals surface area (Å²) in [5.74, 6) is -0.484. The highest BCUT2D eigenvalue weighted by Crippen LogP contribution is 2.30. The molecule has 0 aliphatic rings. The van der Waals surface area contributed by atoms with Crippen molar-refractivity contribution in [3.8, 4) is 0 Å². The Bertz CT molecular complexity index is 570. The van der Waals surface area contributed by atoms with E-state index in [2.05, 4.69) is 12.2 Å². The molecule has 2 nitrogen and oxygen atoms in total. The van der Waals surface area contributed by atoms with E-state index >= 15 is 0 Å². The summed E-state index contributed by atoms with van der Waals surface area (Å²) >= 11 is 5.66. The first-order chi connectivity index (χ1) is 8.61. The van der Waals surface area contributed by atoms with Crippen LogP contribution in [0, 0.1) is 5.82 Å². The van der Waals surface area contributed by atoms with Gasteiger partial charge in [0.15, 0.2) is 0 Å². The molecule has 0 amide bonds. The summed E-state index contributed by atoms with van der Waals surface area (Å²) in [5.41, 5.74) is 8.84. The van der Waals surface area contributed by atoms with Gasteiger partial charge in [-0.15, -0.1) is 0 Å². The SMILES string of the molecule is CCc1ccccc1Nc1cc(F)c(Cl)cc1N. The van der Waals surface area contributed by atoms with Crippen molar-refractivity contribution in [3.05, 3.63) is 52.8 Å². The lowest BCUT2D eigenvalue weighted by Crippen LogP contribution is -2.00. The molecule has 94 valence electrons. The number of nitrogen functional groups attached to an aromatic ring is 1. The summed E-state index contributed by atoms with van der Waals surface area (Å²) < 4.78 is 13.4. The van der Waals surface area contributed by atoms with Gasteiger partial charge < -0.3 is 11.1 Å². The minimum atomic E-state index is -0.484. The Morgan fingerprint density at radius 3 is 2.67 bits per heavy atom. The third-order valence-corrected chi connectivity index (χ3v) is 3.05. The van der Waals surface area contributed by atoms with Crippen molar-refractivity contribution in [2.75, 3.05) is 11.1 Å². The topological polar surface area (TPSA) is 38.0 Å². The second-order valence-electron chi connectivity index (χ2n) is 3.99. The molecule has 0 radical (unpaired) electrons. The number of nitrogens with two attached hydrogens (primary N) is 1. The van der Waals surface area contributed by atoms with Gasteiger partial charge in [-0.05, 0) is 24.1 Å². The average molecular weight is 265 g/mol. The van der Waals surface area contributed by atoms with Crippen LogP contribution in [-0.2, 0) is 6.42 Å². The molecule has 0 spiro atoms. The Labute approximate surface area is 111 Å². The van der Waals surface area contributed by atoms with Gasteiger partial charge in [0.1, 0.15) is 5.82 Å². The van der Waals surface area contributed by atoms with Gasteiger partial charge in [0, 0.05) is 11.8 Å². The van der Waals surface area contributed by atoms with Crippen LogP contribution in [0.1, 0.15) is 12.5 Å². The van der Waals surface area contributed by atoms with Gasteiger partial charge in [0.05, 0.1) is 16.4 Å². The first-order valence-corrected chi connectivity index (χ1v) is 6.09. The second kappa shape index (κ2) is 5.27. The van der Waals surface area contributed by atoms with E-state index in [1.807, 2.05) is 24.3 Å². The molecule has 0 unspecified atom stereocenters. The zero-order valence-electron chi connectivity index (χ0n) is 10.0. The van der Waals surface area contributed by atoms with E-state index in [1.165, 1.54) is 12.1 Å². The van der Waals surface area contributed by atoms with Crippen molar-refractivity contribution < 1.29 is 4.39 Å². The highest BCUT2D eigenvalue weighted by Gasteiger charge is 2.08. The standard InChI is InChI=1S/C14H14ClFN2/c1-2-9-5-3-4-6-13(9)18-14-8-11(16)10(15)7-12(14)17/h3-8,18H,2,17H2,1H3. The molecule has 4 heteroatoms. The molecule has 0 atom stereocenters. The normalized spacial score (nSPS) is 10.4. The van der Waals surface area contributed by atoms with Crippen molar-refractivity contribution in [3.63, 3.8) is 0 Å². The van der Waals surface area contributed by atoms with E-state index in [0.717, 1.165) is 17.7 Å². The smallest absolute Gasteiger partial charge is 0.144 e. The van der Waals surface area contributed by atoms with Crippen LogP contribution < -0.4 is 11.1 Å². The van der Waals surface area contributed by atoms with Crippen molar-refractivity contribution in [1.29, 1.82) is 0 Å². The van der Waals surface area contributed by atoms with Gasteiger partial charge in [0.25, 0.3) is 0 Å². The average Bonchev–Trinajstić information content (AvgIpc) is 2.36. The molecule has 18 heavy (non-hydrogen) atoms. The maximum atomic E-state index is 13.4. The van der Waals surface area contributed by atoms with Gasteiger partial charge >= 0.3 is 0 Å². The lowest BCUT2D eigenvalue weighted by molar-refractivity contribution is 0.629. The van der Waals surface area contributed by atoms with Gasteiger partial charge in [-0.25, -0.2) is 4.39 Å². The monoisotopic (exact) mass is 264 g/mol. The summed E-state index contributed by atoms with van der Waals surface area (Å²) in [6.45, 7) is 2.06. The molecule has 0 aliphatic carbocycles. The maximum Gasteiger partial charge on any atom is 0.144 e. The van der Waals surface area contributed by atoms with Crippen LogP contribution in [0.15, 0.2) is 36.4 Å². The molecule has 0 saturated heterocycles. The Balaban J connectivity index is 2.37. The number of halogens is 2. The molecule has 2 rings (SSSR count). The zero-order chi connectivity index (χ0) is 13.1. The van der Waals surface area contributed by atoms with E-state index in [1.54, 1.807) is 0 Å². The van der Waals surface area contributed by atoms with Gasteiger partial charge in [-0.1, -0.05) is 36.7 Å². The van der Waals surface area contributed by atoms with E-state index in [0.29, 0.717) is 11.4 Å². The molecule has 2 aromatic carbocycles. The highest BCUT2D eigenvalue weighted by atomic mass is 35.5. The molecule has 0 bridgehead atoms. The lowest BCUT2D eigenvalue weighted by atomic mass is 10.1. The van der Waals surface area contributed by atoms with Crippen LogP contribution in [0.4, 0.5) is 21.5 Å². The number of hydrogen-bond donors (Lipinski definition) is 2. The van der Waals surface area contributed by atoms with Gasteiger partial charge in [-0.2, -0.15) is 0 Å². The Morgan fingerprint density at radius 1 is 1.22 bits per heavy atom. The molecule has 0 heterocycles. The predicted octanol–water partition coefficient (Wildman–Crippen LogP) is 4.37. The summed E-state index contributed by atoms with van der Waals surface area (Å²) in [6, 6.07) is 10.6. The Hall–Kier alpha value is -1.74. The molecule has 0 saturated carbocycles. The summed E-state index contributed by atoms with van der Waals surface area (Å²) in [4.78, 5) is 0. The molecule has 0 aromatic heterocycles. The van der Waals surface area contributed by atoms with E-state index in [-0.39, 0.29) is 5.02 Å². The van der Waals surface area contributed by atoms with E-state index in [9.17, 15) is 4.39 Å². The van der Waals surface area contributed by atoms with Crippen LogP contribution in [0.2, 0.25) is 5.02 Å². The lowest BCUT2D eigenvalue weighted by Gasteiger charge is -2.13. The minimum Gasteiger partial charge on any atom is -0.397 e. The van der Waals surface area contributed by atoms with Crippen LogP contribution in [-0.4, -0.2) is 0 Å². The summed E-state index contributed by atoms with van der Waals surface area (Å²) in [6.07, 6.45) is 0.888. The zero-order valence-corrected chi connectivity index (χ0v) is 10.8. The summed E-state index contributed by atoms with van der Waals surface area (Å²) in [5, 5.41) is 3.17. The van der Waals surface area contributed by atoms with Crippen molar-refractivity contribution >= 4 is 28.7 Å². The first kappa shape index (κ1) is 12.7. The van der Waals surface area contributed by atoms with Crippen LogP contribution in [0.25, 0.3) is 0 Å². The predicted molar refractivity (Wildman–Crippen MR) is 74.9 cm³/mol. The Kier molecular flexibility index (Phi) is 3.72. The van der Waals surface area contributed by atoms with Crippen LogP contribution in [0.5, 0.6) is 0 Å². The second-order valence-corrected chi connectivity index (χ2v) is 4.40. The molecule has 3 N–H and O–H groups in total. The quantitative estimate of drug-likeness (QED) is 0.808. The number of hydrogen-bond acceptors (Lipinski definition) is 2. The molecule has 0 aliphatic heterocycles. The number of anilines is 3. The van der Waals surface area contributed by atoms with Gasteiger partial charge in [-0.3, -0.25) is 0 Å². The van der Waals surface area contributed by atoms with Crippen LogP contribution >= 0.6 is 11.6 Å². The number of para-hydroxylation sites is 1. The van der Waals surface area contributed by atoms with Crippen LogP contribution in [0.3, 0.4) is 0 Å². The van der Waals surface area contributed by atoms with E-state index < -0.39 is 5.82 Å². The fraction of sp³-hybridized carbons (Fsp3) is 0.143. The fourth-order valence-corrected chi connectivity index (χ4v) is 1.94. The van der Waals surface area contributed by atoms with Crippen molar-refractivity contribution in [1.82, 2.24) is 0 Å². The van der Waals surface area contributed by atoms with Gasteiger partial charge in [0.2, 0.25) is 0 Å². The van der Waals surface area contributed by atoms with Crippen molar-refractivity contribution in [2.45, 2.75) is 13.3 Å². The fourth-order valence-electron chi connectivity index (χ4n) is 1.77. The summed E-state index contributed by atoms with van der Waals surface area (Å²) in [7, 11) is 0. The van der Waals surface area contributed by atoms with Crippen molar-refractivity contribution in [2.24, 2.45) is 0 Å². The minimum absolute atomic E-state index is 0.0295. The first-order valence-electron chi connectivity index (χ1n) is 5.71. The number of nitrogens with one attached hydrogen (secondary N) is 1. The molecular weight excluding hydrogens is 251 g/mol. The number of benzene rings is 2. The number of aryl methyl sites for hydroxylation is 1. The van der Waals surface area contributed by atoms with E-state index in [4.69, 9.17) is 17.3 Å². The molecule has 2 aromatic rings. The third kappa shape index (κ3) is 2.57. The highest BCUT2D eigenvalue weighted by molar-refractivity contribution is 6.31. The molecular formula is C14H14ClFN2. The molecule has 0 fully saturated rings. The third-order valence-electron chi connectivity index (χ3n) is 2.76. The Morgan fingerprint density at radius 2 is 1.94 bits per heavy atom. The maximum absolute atomic E-state index is 13.4. The number of rotatable bonds is 3. The largest absolute Gasteiger partial charge is 0.397 e.